The molecule has 1 fully saturated rings. The average molecular weight is 575 g/mol. The normalized spacial score (nSPS) is 15.5. The van der Waals surface area contributed by atoms with Crippen molar-refractivity contribution in [2.24, 2.45) is 0 Å². The molecule has 212 valence electrons. The Morgan fingerprint density at radius 2 is 1.83 bits per heavy atom. The van der Waals surface area contributed by atoms with Crippen LogP contribution in [0, 0.1) is 19.7 Å². The zero-order valence-corrected chi connectivity index (χ0v) is 24.2. The Morgan fingerprint density at radius 3 is 2.54 bits per heavy atom. The number of halogens is 2. The number of carbonyl (C=O) groups is 1. The second-order valence-electron chi connectivity index (χ2n) is 10.2. The third-order valence-corrected chi connectivity index (χ3v) is 7.57. The molecule has 0 aliphatic carbocycles. The van der Waals surface area contributed by atoms with Crippen LogP contribution in [0.15, 0.2) is 72.9 Å². The van der Waals surface area contributed by atoms with Gasteiger partial charge in [0.15, 0.2) is 0 Å². The summed E-state index contributed by atoms with van der Waals surface area (Å²) in [6.07, 6.45) is 0.828. The Bertz CT molecular complexity index is 1550. The van der Waals surface area contributed by atoms with Crippen molar-refractivity contribution in [1.29, 1.82) is 0 Å². The molecule has 5 rings (SSSR count). The molecule has 1 unspecified atom stereocenters. The first-order valence-electron chi connectivity index (χ1n) is 13.4. The number of likely N-dealkylation sites (N-methyl/N-ethyl adjacent to an activating group) is 1. The van der Waals surface area contributed by atoms with Gasteiger partial charge >= 0.3 is 6.09 Å². The summed E-state index contributed by atoms with van der Waals surface area (Å²) >= 11 is 6.50. The molecule has 41 heavy (non-hydrogen) atoms. The number of anilines is 5. The first kappa shape index (κ1) is 28.3. The second kappa shape index (κ2) is 12.1. The van der Waals surface area contributed by atoms with E-state index in [2.05, 4.69) is 39.1 Å². The third-order valence-electron chi connectivity index (χ3n) is 7.25. The lowest BCUT2D eigenvalue weighted by Crippen LogP contribution is -2.50. The van der Waals surface area contributed by atoms with E-state index in [1.54, 1.807) is 42.5 Å². The predicted molar refractivity (Wildman–Crippen MR) is 162 cm³/mol. The highest BCUT2D eigenvalue weighted by Crippen LogP contribution is 2.34. The third kappa shape index (κ3) is 6.26. The van der Waals surface area contributed by atoms with E-state index >= 15 is 4.39 Å². The van der Waals surface area contributed by atoms with Crippen molar-refractivity contribution >= 4 is 46.5 Å². The molecule has 0 bridgehead atoms. The fraction of sp³-hybridized carbons (Fsp3) is 0.258. The van der Waals surface area contributed by atoms with Gasteiger partial charge in [0.2, 0.25) is 5.95 Å². The number of ether oxygens (including phenoxy) is 1. The highest BCUT2D eigenvalue weighted by molar-refractivity contribution is 6.34. The molecule has 1 atom stereocenters. The van der Waals surface area contributed by atoms with Crippen LogP contribution in [0.1, 0.15) is 18.1 Å². The fourth-order valence-corrected chi connectivity index (χ4v) is 5.03. The highest BCUT2D eigenvalue weighted by atomic mass is 35.5. The first-order chi connectivity index (χ1) is 19.7. The molecular formula is C31H32ClFN6O2. The molecular weight excluding hydrogens is 543 g/mol. The molecule has 0 saturated carbocycles. The topological polar surface area (TPSA) is 73.8 Å². The van der Waals surface area contributed by atoms with Crippen molar-refractivity contribution in [3.63, 3.8) is 0 Å². The van der Waals surface area contributed by atoms with E-state index in [0.29, 0.717) is 33.9 Å². The number of rotatable bonds is 6. The summed E-state index contributed by atoms with van der Waals surface area (Å²) in [6, 6.07) is 19.5. The lowest BCUT2D eigenvalue weighted by molar-refractivity contribution is 0.209. The van der Waals surface area contributed by atoms with E-state index in [9.17, 15) is 4.79 Å². The van der Waals surface area contributed by atoms with Crippen molar-refractivity contribution in [3.05, 3.63) is 94.9 Å². The fourth-order valence-electron chi connectivity index (χ4n) is 4.81. The Hall–Kier alpha value is -4.21. The summed E-state index contributed by atoms with van der Waals surface area (Å²) in [5.74, 6) is 0.542. The van der Waals surface area contributed by atoms with Gasteiger partial charge in [-0.2, -0.15) is 4.98 Å². The summed E-state index contributed by atoms with van der Waals surface area (Å²) in [5, 5.41) is 3.40. The van der Waals surface area contributed by atoms with Crippen LogP contribution in [0.3, 0.4) is 0 Å². The Morgan fingerprint density at radius 1 is 1.07 bits per heavy atom. The monoisotopic (exact) mass is 574 g/mol. The van der Waals surface area contributed by atoms with Gasteiger partial charge in [-0.25, -0.2) is 19.1 Å². The van der Waals surface area contributed by atoms with Gasteiger partial charge in [0.05, 0.1) is 16.4 Å². The minimum Gasteiger partial charge on any atom is -0.409 e. The molecule has 1 saturated heterocycles. The Balaban J connectivity index is 1.42. The number of aryl methyl sites for hydroxylation is 2. The summed E-state index contributed by atoms with van der Waals surface area (Å²) in [5.41, 5.74) is 3.07. The van der Waals surface area contributed by atoms with Gasteiger partial charge in [-0.1, -0.05) is 41.9 Å². The number of carbonyl (C=O) groups excluding carboxylic acids is 1. The molecule has 1 amide bonds. The van der Waals surface area contributed by atoms with Crippen LogP contribution in [-0.2, 0) is 0 Å². The molecule has 1 aliphatic heterocycles. The van der Waals surface area contributed by atoms with Crippen molar-refractivity contribution in [2.45, 2.75) is 26.8 Å². The zero-order valence-electron chi connectivity index (χ0n) is 23.4. The lowest BCUT2D eigenvalue weighted by Gasteiger charge is -2.39. The van der Waals surface area contributed by atoms with E-state index in [1.165, 1.54) is 17.2 Å². The quantitative estimate of drug-likeness (QED) is 0.263. The van der Waals surface area contributed by atoms with E-state index < -0.39 is 6.09 Å². The number of para-hydroxylation sites is 2. The largest absolute Gasteiger partial charge is 0.425 e. The van der Waals surface area contributed by atoms with Gasteiger partial charge in [-0.15, -0.1) is 0 Å². The van der Waals surface area contributed by atoms with Crippen molar-refractivity contribution in [1.82, 2.24) is 14.9 Å². The lowest BCUT2D eigenvalue weighted by atomic mass is 10.1. The van der Waals surface area contributed by atoms with Gasteiger partial charge in [-0.05, 0) is 69.3 Å². The molecule has 1 aromatic heterocycles. The maximum atomic E-state index is 15.2. The number of hydrogen-bond acceptors (Lipinski definition) is 7. The smallest absolute Gasteiger partial charge is 0.409 e. The molecule has 3 aromatic carbocycles. The molecule has 2 heterocycles. The Labute approximate surface area is 244 Å². The van der Waals surface area contributed by atoms with Crippen LogP contribution in [-0.4, -0.2) is 53.7 Å². The highest BCUT2D eigenvalue weighted by Gasteiger charge is 2.26. The Kier molecular flexibility index (Phi) is 8.37. The predicted octanol–water partition coefficient (Wildman–Crippen LogP) is 7.11. The first-order valence-corrected chi connectivity index (χ1v) is 13.8. The molecule has 1 aliphatic rings. The molecule has 0 radical (unpaired) electrons. The maximum Gasteiger partial charge on any atom is 0.425 e. The van der Waals surface area contributed by atoms with Crippen LogP contribution in [0.5, 0.6) is 5.75 Å². The van der Waals surface area contributed by atoms with Crippen molar-refractivity contribution < 1.29 is 13.9 Å². The molecule has 1 N–H and O–H groups in total. The molecule has 10 heteroatoms. The average Bonchev–Trinajstić information content (AvgIpc) is 2.94. The number of amides is 1. The van der Waals surface area contributed by atoms with Gasteiger partial charge in [0.25, 0.3) is 0 Å². The van der Waals surface area contributed by atoms with Gasteiger partial charge in [-0.3, -0.25) is 0 Å². The van der Waals surface area contributed by atoms with Crippen LogP contribution >= 0.6 is 11.6 Å². The minimum atomic E-state index is -0.683. The maximum absolute atomic E-state index is 15.2. The standard InChI is InChI=1S/C31H32ClFN6O2/c1-20-8-7-9-21(2)29(20)41-31(40)39(26-11-6-5-10-24(26)32)28-14-15-34-30(36-28)35-23-12-13-27(25(33)18-23)38-17-16-37(4)22(3)19-38/h5-15,18,22H,16-17,19H2,1-4H3,(H,34,35,36). The van der Waals surface area contributed by atoms with Gasteiger partial charge in [0, 0.05) is 43.6 Å². The van der Waals surface area contributed by atoms with E-state index in [0.717, 1.165) is 30.8 Å². The number of hydrogen-bond donors (Lipinski definition) is 1. The van der Waals surface area contributed by atoms with Crippen LogP contribution in [0.4, 0.5) is 38.0 Å². The molecule has 8 nitrogen and oxygen atoms in total. The van der Waals surface area contributed by atoms with Crippen molar-refractivity contribution in [2.75, 3.05) is 41.8 Å². The van der Waals surface area contributed by atoms with Crippen LogP contribution < -0.4 is 19.9 Å². The minimum absolute atomic E-state index is 0.180. The van der Waals surface area contributed by atoms with Crippen LogP contribution in [0.25, 0.3) is 0 Å². The second-order valence-corrected chi connectivity index (χ2v) is 10.6. The van der Waals surface area contributed by atoms with Gasteiger partial charge in [0.1, 0.15) is 17.4 Å². The molecule has 0 spiro atoms. The SMILES string of the molecule is Cc1cccc(C)c1OC(=O)N(c1ccnc(Nc2ccc(N3CCN(C)C(C)C3)c(F)c2)n1)c1ccccc1Cl. The number of aromatic nitrogens is 2. The van der Waals surface area contributed by atoms with Gasteiger partial charge < -0.3 is 19.9 Å². The van der Waals surface area contributed by atoms with Crippen LogP contribution in [0.2, 0.25) is 5.02 Å². The summed E-state index contributed by atoms with van der Waals surface area (Å²) < 4.78 is 21.0. The zero-order chi connectivity index (χ0) is 29.1. The summed E-state index contributed by atoms with van der Waals surface area (Å²) in [4.78, 5) is 28.1. The number of nitrogens with zero attached hydrogens (tertiary/aromatic N) is 5. The number of benzene rings is 3. The molecule has 4 aromatic rings. The summed E-state index contributed by atoms with van der Waals surface area (Å²) in [6.45, 7) is 8.25. The number of nitrogens with one attached hydrogen (secondary N) is 1. The van der Waals surface area contributed by atoms with E-state index in [-0.39, 0.29) is 17.6 Å². The van der Waals surface area contributed by atoms with Crippen molar-refractivity contribution in [3.8, 4) is 5.75 Å². The van der Waals surface area contributed by atoms with E-state index in [4.69, 9.17) is 16.3 Å². The summed E-state index contributed by atoms with van der Waals surface area (Å²) in [7, 11) is 2.08. The van der Waals surface area contributed by atoms with E-state index in [1.807, 2.05) is 32.0 Å². The number of piperazine rings is 1.